The molecule has 0 heterocycles. The second-order valence-electron chi connectivity index (χ2n) is 3.37. The number of benzene rings is 1. The van der Waals surface area contributed by atoms with Gasteiger partial charge in [0.2, 0.25) is 5.91 Å². The highest BCUT2D eigenvalue weighted by molar-refractivity contribution is 5.78. The third-order valence-corrected chi connectivity index (χ3v) is 1.94. The van der Waals surface area contributed by atoms with Crippen molar-refractivity contribution in [2.75, 3.05) is 6.54 Å². The Balaban J connectivity index is 2.46. The summed E-state index contributed by atoms with van der Waals surface area (Å²) in [4.78, 5) is 10.5. The van der Waals surface area contributed by atoms with Gasteiger partial charge in [-0.15, -0.1) is 0 Å². The molecule has 6 heteroatoms. The van der Waals surface area contributed by atoms with Crippen LogP contribution in [0.4, 0.5) is 4.39 Å². The normalized spacial score (nSPS) is 12.4. The molecule has 0 fully saturated rings. The molecule has 5 nitrogen and oxygen atoms in total. The Kier molecular flexibility index (Phi) is 4.21. The maximum Gasteiger partial charge on any atom is 0.247 e. The van der Waals surface area contributed by atoms with Crippen molar-refractivity contribution in [1.29, 1.82) is 0 Å². The molecule has 0 saturated heterocycles. The molecule has 1 atom stereocenters. The maximum absolute atomic E-state index is 12.8. The molecule has 16 heavy (non-hydrogen) atoms. The Morgan fingerprint density at radius 1 is 1.50 bits per heavy atom. The number of aliphatic hydroxyl groups excluding tert-OH is 1. The van der Waals surface area contributed by atoms with Crippen molar-refractivity contribution in [3.05, 3.63) is 29.6 Å². The third-order valence-electron chi connectivity index (χ3n) is 1.94. The summed E-state index contributed by atoms with van der Waals surface area (Å²) in [5.41, 5.74) is 5.34. The van der Waals surface area contributed by atoms with E-state index in [0.29, 0.717) is 5.56 Å². The Morgan fingerprint density at radius 3 is 2.75 bits per heavy atom. The fourth-order valence-electron chi connectivity index (χ4n) is 1.19. The molecule has 1 unspecified atom stereocenters. The first-order valence-corrected chi connectivity index (χ1v) is 4.65. The Hall–Kier alpha value is -1.66. The zero-order chi connectivity index (χ0) is 12.1. The Bertz CT molecular complexity index is 364. The van der Waals surface area contributed by atoms with Gasteiger partial charge in [0.15, 0.2) is 0 Å². The minimum Gasteiger partial charge on any atom is -0.508 e. The number of aromatic hydroxyl groups is 1. The second-order valence-corrected chi connectivity index (χ2v) is 3.37. The Morgan fingerprint density at radius 2 is 2.19 bits per heavy atom. The van der Waals surface area contributed by atoms with Gasteiger partial charge in [0.05, 0.1) is 0 Å². The number of hydrogen-bond acceptors (Lipinski definition) is 4. The second kappa shape index (κ2) is 5.43. The lowest BCUT2D eigenvalue weighted by Crippen LogP contribution is -2.37. The SMILES string of the molecule is NC(=O)C(O)CNCc1cc(O)cc(F)c1. The molecular formula is C10H13FN2O3. The van der Waals surface area contributed by atoms with E-state index in [1.807, 2.05) is 0 Å². The fourth-order valence-corrected chi connectivity index (χ4v) is 1.19. The standard InChI is InChI=1S/C10H13FN2O3/c11-7-1-6(2-8(14)3-7)4-13-5-9(15)10(12)16/h1-3,9,13-15H,4-5H2,(H2,12,16). The van der Waals surface area contributed by atoms with Gasteiger partial charge in [-0.05, 0) is 17.7 Å². The van der Waals surface area contributed by atoms with E-state index in [9.17, 15) is 9.18 Å². The largest absolute Gasteiger partial charge is 0.508 e. The predicted molar refractivity (Wildman–Crippen MR) is 55.0 cm³/mol. The van der Waals surface area contributed by atoms with Gasteiger partial charge in [-0.2, -0.15) is 0 Å². The summed E-state index contributed by atoms with van der Waals surface area (Å²) in [6.45, 7) is 0.197. The summed E-state index contributed by atoms with van der Waals surface area (Å²) in [6, 6.07) is 3.61. The molecule has 1 aromatic carbocycles. The van der Waals surface area contributed by atoms with Crippen LogP contribution in [0.1, 0.15) is 5.56 Å². The highest BCUT2D eigenvalue weighted by atomic mass is 19.1. The monoisotopic (exact) mass is 228 g/mol. The van der Waals surface area contributed by atoms with Crippen molar-refractivity contribution < 1.29 is 19.4 Å². The number of primary amides is 1. The van der Waals surface area contributed by atoms with Crippen LogP contribution < -0.4 is 11.1 Å². The minimum atomic E-state index is -1.28. The highest BCUT2D eigenvalue weighted by Gasteiger charge is 2.09. The van der Waals surface area contributed by atoms with Crippen LogP contribution in [-0.2, 0) is 11.3 Å². The first-order valence-electron chi connectivity index (χ1n) is 4.65. The molecule has 0 radical (unpaired) electrons. The van der Waals surface area contributed by atoms with Gasteiger partial charge in [0, 0.05) is 19.2 Å². The van der Waals surface area contributed by atoms with Crippen LogP contribution in [0.5, 0.6) is 5.75 Å². The lowest BCUT2D eigenvalue weighted by atomic mass is 10.2. The topological polar surface area (TPSA) is 95.6 Å². The molecule has 1 rings (SSSR count). The predicted octanol–water partition coefficient (Wildman–Crippen LogP) is -0.533. The van der Waals surface area contributed by atoms with Crippen molar-refractivity contribution in [3.63, 3.8) is 0 Å². The molecule has 0 aliphatic carbocycles. The van der Waals surface area contributed by atoms with Crippen molar-refractivity contribution >= 4 is 5.91 Å². The minimum absolute atomic E-state index is 0.0212. The molecule has 1 aromatic rings. The molecule has 0 aromatic heterocycles. The van der Waals surface area contributed by atoms with Gasteiger partial charge in [-0.25, -0.2) is 4.39 Å². The molecule has 0 bridgehead atoms. The Labute approximate surface area is 91.7 Å². The van der Waals surface area contributed by atoms with Gasteiger partial charge >= 0.3 is 0 Å². The molecule has 5 N–H and O–H groups in total. The number of hydrogen-bond donors (Lipinski definition) is 4. The summed E-state index contributed by atoms with van der Waals surface area (Å²) < 4.78 is 12.8. The van der Waals surface area contributed by atoms with Crippen LogP contribution in [-0.4, -0.2) is 28.8 Å². The maximum atomic E-state index is 12.8. The summed E-state index contributed by atoms with van der Waals surface area (Å²) in [5, 5.41) is 20.9. The van der Waals surface area contributed by atoms with Crippen LogP contribution >= 0.6 is 0 Å². The number of nitrogens with one attached hydrogen (secondary N) is 1. The number of carbonyl (C=O) groups excluding carboxylic acids is 1. The number of phenolic OH excluding ortho intramolecular Hbond substituents is 1. The lowest BCUT2D eigenvalue weighted by molar-refractivity contribution is -0.125. The number of halogens is 1. The lowest BCUT2D eigenvalue weighted by Gasteiger charge is -2.08. The smallest absolute Gasteiger partial charge is 0.247 e. The van der Waals surface area contributed by atoms with Crippen LogP contribution in [0.15, 0.2) is 18.2 Å². The van der Waals surface area contributed by atoms with Gasteiger partial charge in [0.25, 0.3) is 0 Å². The van der Waals surface area contributed by atoms with Crippen molar-refractivity contribution in [3.8, 4) is 5.75 Å². The highest BCUT2D eigenvalue weighted by Crippen LogP contribution is 2.14. The van der Waals surface area contributed by atoms with Crippen molar-refractivity contribution in [2.45, 2.75) is 12.6 Å². The van der Waals surface area contributed by atoms with Crippen LogP contribution in [0, 0.1) is 5.82 Å². The van der Waals surface area contributed by atoms with Crippen molar-refractivity contribution in [1.82, 2.24) is 5.32 Å². The molecule has 1 amide bonds. The third kappa shape index (κ3) is 3.84. The first-order chi connectivity index (χ1) is 7.49. The van der Waals surface area contributed by atoms with E-state index in [4.69, 9.17) is 15.9 Å². The van der Waals surface area contributed by atoms with Crippen LogP contribution in [0.2, 0.25) is 0 Å². The molecule has 0 spiro atoms. The number of carbonyl (C=O) groups is 1. The average molecular weight is 228 g/mol. The number of nitrogens with two attached hydrogens (primary N) is 1. The molecule has 0 aliphatic heterocycles. The molecule has 88 valence electrons. The summed E-state index contributed by atoms with van der Waals surface area (Å²) in [6.07, 6.45) is -1.28. The van der Waals surface area contributed by atoms with E-state index in [-0.39, 0.29) is 18.8 Å². The molecular weight excluding hydrogens is 215 g/mol. The number of amides is 1. The molecule has 0 saturated carbocycles. The fraction of sp³-hybridized carbons (Fsp3) is 0.300. The zero-order valence-electron chi connectivity index (χ0n) is 8.48. The summed E-state index contributed by atoms with van der Waals surface area (Å²) >= 11 is 0. The van der Waals surface area contributed by atoms with Gasteiger partial charge in [-0.1, -0.05) is 0 Å². The number of rotatable bonds is 5. The van der Waals surface area contributed by atoms with Crippen LogP contribution in [0.25, 0.3) is 0 Å². The zero-order valence-corrected chi connectivity index (χ0v) is 8.48. The van der Waals surface area contributed by atoms with E-state index in [0.717, 1.165) is 6.07 Å². The van der Waals surface area contributed by atoms with Crippen molar-refractivity contribution in [2.24, 2.45) is 5.73 Å². The van der Waals surface area contributed by atoms with Gasteiger partial charge in [0.1, 0.15) is 17.7 Å². The van der Waals surface area contributed by atoms with E-state index in [1.54, 1.807) is 0 Å². The van der Waals surface area contributed by atoms with E-state index in [1.165, 1.54) is 12.1 Å². The van der Waals surface area contributed by atoms with E-state index < -0.39 is 17.8 Å². The number of aliphatic hydroxyl groups is 1. The van der Waals surface area contributed by atoms with Gasteiger partial charge < -0.3 is 21.3 Å². The average Bonchev–Trinajstić information content (AvgIpc) is 2.15. The number of phenols is 1. The summed E-state index contributed by atoms with van der Waals surface area (Å²) in [7, 11) is 0. The van der Waals surface area contributed by atoms with Gasteiger partial charge in [-0.3, -0.25) is 4.79 Å². The quantitative estimate of drug-likeness (QED) is 0.544. The molecule has 0 aliphatic rings. The van der Waals surface area contributed by atoms with Crippen LogP contribution in [0.3, 0.4) is 0 Å². The summed E-state index contributed by atoms with van der Waals surface area (Å²) in [5.74, 6) is -1.55. The van der Waals surface area contributed by atoms with E-state index >= 15 is 0 Å². The first kappa shape index (κ1) is 12.4. The van der Waals surface area contributed by atoms with E-state index in [2.05, 4.69) is 5.32 Å².